The van der Waals surface area contributed by atoms with Gasteiger partial charge in [0.15, 0.2) is 5.60 Å². The molecule has 1 aliphatic heterocycles. The summed E-state index contributed by atoms with van der Waals surface area (Å²) >= 11 is 0. The first kappa shape index (κ1) is 18.7. The van der Waals surface area contributed by atoms with Crippen LogP contribution < -0.4 is 4.74 Å². The van der Waals surface area contributed by atoms with E-state index in [1.54, 1.807) is 4.90 Å². The summed E-state index contributed by atoms with van der Waals surface area (Å²) in [7, 11) is 0. The molecule has 1 saturated heterocycles. The van der Waals surface area contributed by atoms with E-state index in [0.717, 1.165) is 24.2 Å². The van der Waals surface area contributed by atoms with E-state index in [4.69, 9.17) is 9.84 Å². The predicted octanol–water partition coefficient (Wildman–Crippen LogP) is 2.38. The highest BCUT2D eigenvalue weighted by Gasteiger charge is 2.40. The zero-order chi connectivity index (χ0) is 18.6. The van der Waals surface area contributed by atoms with E-state index >= 15 is 0 Å². The summed E-state index contributed by atoms with van der Waals surface area (Å²) in [6.45, 7) is 0.568. The smallest absolute Gasteiger partial charge is 0.335 e. The molecule has 0 bridgehead atoms. The molecule has 1 aromatic rings. The molecule has 6 nitrogen and oxygen atoms in total. The largest absolute Gasteiger partial charge is 0.490 e. The van der Waals surface area contributed by atoms with Gasteiger partial charge >= 0.3 is 5.97 Å². The number of aliphatic hydroxyl groups is 1. The predicted molar refractivity (Wildman–Crippen MR) is 96.0 cm³/mol. The van der Waals surface area contributed by atoms with Crippen LogP contribution in [0.1, 0.15) is 50.5 Å². The Labute approximate surface area is 153 Å². The Hall–Kier alpha value is -2.08. The fourth-order valence-corrected chi connectivity index (χ4v) is 3.72. The van der Waals surface area contributed by atoms with Gasteiger partial charge in [-0.2, -0.15) is 0 Å². The Morgan fingerprint density at radius 1 is 1.19 bits per heavy atom. The minimum absolute atomic E-state index is 0.000414. The van der Waals surface area contributed by atoms with Crippen LogP contribution in [0.25, 0.3) is 0 Å². The van der Waals surface area contributed by atoms with E-state index in [1.807, 2.05) is 24.3 Å². The van der Waals surface area contributed by atoms with Gasteiger partial charge in [0.05, 0.1) is 6.10 Å². The number of nitrogens with zero attached hydrogens (tertiary/aromatic N) is 1. The molecule has 0 spiro atoms. The first-order chi connectivity index (χ1) is 12.5. The number of rotatable bonds is 6. The summed E-state index contributed by atoms with van der Waals surface area (Å²) in [6.07, 6.45) is 6.15. The second-order valence-electron chi connectivity index (χ2n) is 7.39. The third kappa shape index (κ3) is 4.55. The minimum atomic E-state index is -1.69. The first-order valence-electron chi connectivity index (χ1n) is 9.45. The molecular weight excluding hydrogens is 334 g/mol. The molecule has 1 amide bonds. The van der Waals surface area contributed by atoms with Crippen molar-refractivity contribution < 1.29 is 24.5 Å². The molecule has 3 rings (SSSR count). The Bertz CT molecular complexity index is 645. The number of carbonyl (C=O) groups is 2. The second-order valence-corrected chi connectivity index (χ2v) is 7.39. The van der Waals surface area contributed by atoms with Gasteiger partial charge in [-0.1, -0.05) is 12.1 Å². The molecule has 1 heterocycles. The van der Waals surface area contributed by atoms with E-state index < -0.39 is 11.6 Å². The highest BCUT2D eigenvalue weighted by atomic mass is 16.5. The number of ether oxygens (including phenoxy) is 1. The van der Waals surface area contributed by atoms with Crippen LogP contribution in [0.5, 0.6) is 5.75 Å². The van der Waals surface area contributed by atoms with Crippen molar-refractivity contribution in [2.75, 3.05) is 13.1 Å². The van der Waals surface area contributed by atoms with E-state index in [0.29, 0.717) is 18.9 Å². The number of carboxylic acid groups (broad SMARTS) is 1. The van der Waals surface area contributed by atoms with Gasteiger partial charge in [-0.3, -0.25) is 4.79 Å². The highest BCUT2D eigenvalue weighted by Crippen LogP contribution is 2.26. The number of amides is 1. The molecule has 26 heavy (non-hydrogen) atoms. The average Bonchev–Trinajstić information content (AvgIpc) is 3.13. The van der Waals surface area contributed by atoms with Crippen molar-refractivity contribution in [1.82, 2.24) is 4.90 Å². The van der Waals surface area contributed by atoms with Gasteiger partial charge in [0.1, 0.15) is 5.75 Å². The summed E-state index contributed by atoms with van der Waals surface area (Å²) in [4.78, 5) is 25.1. The van der Waals surface area contributed by atoms with E-state index in [-0.39, 0.29) is 31.8 Å². The van der Waals surface area contributed by atoms with Crippen LogP contribution >= 0.6 is 0 Å². The Balaban J connectivity index is 1.48. The van der Waals surface area contributed by atoms with E-state index in [2.05, 4.69) is 0 Å². The van der Waals surface area contributed by atoms with E-state index in [1.165, 1.54) is 12.8 Å². The van der Waals surface area contributed by atoms with Gasteiger partial charge in [0.25, 0.3) is 0 Å². The van der Waals surface area contributed by atoms with Crippen molar-refractivity contribution in [3.05, 3.63) is 29.8 Å². The lowest BCUT2D eigenvalue weighted by molar-refractivity contribution is -0.165. The van der Waals surface area contributed by atoms with Crippen LogP contribution in [0.15, 0.2) is 24.3 Å². The molecule has 142 valence electrons. The van der Waals surface area contributed by atoms with Crippen LogP contribution in [0, 0.1) is 0 Å². The number of piperidine rings is 1. The molecule has 0 unspecified atom stereocenters. The van der Waals surface area contributed by atoms with Crippen LogP contribution in [0.4, 0.5) is 0 Å². The zero-order valence-corrected chi connectivity index (χ0v) is 15.0. The molecular formula is C20H27NO5. The maximum Gasteiger partial charge on any atom is 0.335 e. The lowest BCUT2D eigenvalue weighted by atomic mass is 9.91. The first-order valence-corrected chi connectivity index (χ1v) is 9.45. The molecule has 1 saturated carbocycles. The summed E-state index contributed by atoms with van der Waals surface area (Å²) < 4.78 is 6.01. The van der Waals surface area contributed by atoms with Gasteiger partial charge in [-0.25, -0.2) is 4.79 Å². The van der Waals surface area contributed by atoms with Gasteiger partial charge < -0.3 is 19.8 Å². The van der Waals surface area contributed by atoms with Crippen LogP contribution in [0.2, 0.25) is 0 Å². The molecule has 0 aromatic heterocycles. The second kappa shape index (κ2) is 8.08. The molecule has 2 N–H and O–H groups in total. The maximum absolute atomic E-state index is 12.4. The number of hydrogen-bond acceptors (Lipinski definition) is 4. The van der Waals surface area contributed by atoms with Crippen LogP contribution in [0.3, 0.4) is 0 Å². The van der Waals surface area contributed by atoms with Gasteiger partial charge in [-0.15, -0.1) is 0 Å². The third-order valence-corrected chi connectivity index (χ3v) is 5.47. The summed E-state index contributed by atoms with van der Waals surface area (Å²) in [5, 5.41) is 19.0. The summed E-state index contributed by atoms with van der Waals surface area (Å²) in [5.41, 5.74) is -0.629. The molecule has 1 aliphatic carbocycles. The van der Waals surface area contributed by atoms with Crippen molar-refractivity contribution in [3.63, 3.8) is 0 Å². The fraction of sp³-hybridized carbons (Fsp3) is 0.600. The van der Waals surface area contributed by atoms with Crippen molar-refractivity contribution in [2.45, 2.75) is 63.1 Å². The molecule has 2 aliphatic rings. The number of hydrogen-bond donors (Lipinski definition) is 2. The lowest BCUT2D eigenvalue weighted by Crippen LogP contribution is -2.50. The Morgan fingerprint density at radius 2 is 1.88 bits per heavy atom. The van der Waals surface area contributed by atoms with Crippen molar-refractivity contribution in [1.29, 1.82) is 0 Å². The Morgan fingerprint density at radius 3 is 2.54 bits per heavy atom. The molecule has 6 heteroatoms. The van der Waals surface area contributed by atoms with Crippen molar-refractivity contribution >= 4 is 11.9 Å². The van der Waals surface area contributed by atoms with Crippen LogP contribution in [-0.2, 0) is 16.0 Å². The highest BCUT2D eigenvalue weighted by molar-refractivity contribution is 5.79. The SMILES string of the molecule is O=C(CCc1cccc(OC2CCCC2)c1)N1CCC(O)(C(=O)O)CC1. The fourth-order valence-electron chi connectivity index (χ4n) is 3.72. The zero-order valence-electron chi connectivity index (χ0n) is 15.0. The number of carboxylic acids is 1. The topological polar surface area (TPSA) is 87.1 Å². The van der Waals surface area contributed by atoms with Gasteiger partial charge in [0.2, 0.25) is 5.91 Å². The number of likely N-dealkylation sites (tertiary alicyclic amines) is 1. The Kier molecular flexibility index (Phi) is 5.81. The lowest BCUT2D eigenvalue weighted by Gasteiger charge is -2.35. The normalized spacial score (nSPS) is 20.1. The maximum atomic E-state index is 12.4. The van der Waals surface area contributed by atoms with Crippen molar-refractivity contribution in [3.8, 4) is 5.75 Å². The molecule has 0 radical (unpaired) electrons. The van der Waals surface area contributed by atoms with Crippen LogP contribution in [-0.4, -0.2) is 51.8 Å². The molecule has 1 aromatic carbocycles. The molecule has 2 fully saturated rings. The average molecular weight is 361 g/mol. The third-order valence-electron chi connectivity index (χ3n) is 5.47. The van der Waals surface area contributed by atoms with Gasteiger partial charge in [-0.05, 0) is 49.8 Å². The quantitative estimate of drug-likeness (QED) is 0.812. The van der Waals surface area contributed by atoms with Gasteiger partial charge in [0, 0.05) is 32.4 Å². The number of aryl methyl sites for hydroxylation is 1. The molecule has 0 atom stereocenters. The van der Waals surface area contributed by atoms with E-state index in [9.17, 15) is 14.7 Å². The summed E-state index contributed by atoms with van der Waals surface area (Å²) in [6, 6.07) is 7.91. The minimum Gasteiger partial charge on any atom is -0.490 e. The monoisotopic (exact) mass is 361 g/mol. The van der Waals surface area contributed by atoms with Crippen molar-refractivity contribution in [2.24, 2.45) is 0 Å². The number of benzene rings is 1. The summed E-state index contributed by atoms with van der Waals surface area (Å²) in [5.74, 6) is -0.338. The standard InChI is InChI=1S/C20H27NO5/c22-18(21-12-10-20(25,11-13-21)19(23)24)9-8-15-4-3-7-17(14-15)26-16-5-1-2-6-16/h3-4,7,14,16,25H,1-2,5-6,8-13H2,(H,23,24). The number of aliphatic carboxylic acids is 1. The number of carbonyl (C=O) groups excluding carboxylic acids is 1.